The molecule has 1 unspecified atom stereocenters. The third-order valence-corrected chi connectivity index (χ3v) is 5.19. The van der Waals surface area contributed by atoms with E-state index < -0.39 is 39.0 Å². The number of halogens is 1. The van der Waals surface area contributed by atoms with Crippen LogP contribution in [0.3, 0.4) is 0 Å². The summed E-state index contributed by atoms with van der Waals surface area (Å²) in [5.74, 6) is 0. The zero-order valence-corrected chi connectivity index (χ0v) is 12.0. The van der Waals surface area contributed by atoms with E-state index in [2.05, 4.69) is 4.98 Å². The predicted octanol–water partition coefficient (Wildman–Crippen LogP) is -4.54. The normalized spacial score (nSPS) is 27.8. The van der Waals surface area contributed by atoms with Gasteiger partial charge in [-0.3, -0.25) is 0 Å². The Balaban J connectivity index is 2.31. The molecule has 0 aliphatic carbocycles. The molecule has 8 heteroatoms. The molecule has 0 spiro atoms. The topological polar surface area (TPSA) is 110 Å². The molecule has 2 rings (SSSR count). The third-order valence-electron chi connectivity index (χ3n) is 2.96. The monoisotopic (exact) mass is 368 g/mol. The second-order valence-electron chi connectivity index (χ2n) is 4.17. The molecule has 2 heterocycles. The molecule has 1 aliphatic rings. The Morgan fingerprint density at radius 3 is 2.94 bits per heavy atom. The van der Waals surface area contributed by atoms with Gasteiger partial charge in [0, 0.05) is 0 Å². The van der Waals surface area contributed by atoms with Gasteiger partial charge in [0.15, 0.2) is 0 Å². The number of nitrogens with two attached hydrogens (primary N) is 1. The Labute approximate surface area is 114 Å². The van der Waals surface area contributed by atoms with Crippen molar-refractivity contribution in [3.8, 4) is 0 Å². The Hall–Kier alpha value is -0.710. The van der Waals surface area contributed by atoms with E-state index in [0.717, 1.165) is 0 Å². The fourth-order valence-electron chi connectivity index (χ4n) is 1.96. The molecule has 3 atom stereocenters. The summed E-state index contributed by atoms with van der Waals surface area (Å²) in [6.45, 7) is 1.52. The number of H-pyrrole nitrogens is 1. The second kappa shape index (κ2) is 5.51. The molecular weight excluding hydrogens is 353 g/mol. The number of nitrogens with one attached hydrogen (secondary N) is 1. The molecule has 0 saturated carbocycles. The van der Waals surface area contributed by atoms with E-state index >= 15 is 0 Å². The summed E-state index contributed by atoms with van der Waals surface area (Å²) < 4.78 is 12.8. The maximum atomic E-state index is 11.7. The average molecular weight is 368 g/mol. The summed E-state index contributed by atoms with van der Waals surface area (Å²) in [4.78, 5) is 25.2. The van der Waals surface area contributed by atoms with Crippen LogP contribution in [-0.4, -0.2) is 31.3 Å². The van der Waals surface area contributed by atoms with E-state index in [0.29, 0.717) is 12.0 Å². The van der Waals surface area contributed by atoms with Crippen molar-refractivity contribution in [3.63, 3.8) is 0 Å². The van der Waals surface area contributed by atoms with Crippen LogP contribution in [0, 0.1) is 6.92 Å². The van der Waals surface area contributed by atoms with Crippen molar-refractivity contribution in [2.24, 2.45) is 3.95 Å². The molecule has 4 N–H and O–H groups in total. The number of aliphatic hydroxyl groups is 1. The van der Waals surface area contributed by atoms with Crippen molar-refractivity contribution in [2.75, 3.05) is 6.61 Å². The quantitative estimate of drug-likeness (QED) is 0.283. The van der Waals surface area contributed by atoms with E-state index in [1.54, 1.807) is 6.92 Å². The number of hydrogen-bond acceptors (Lipinski definition) is 5. The summed E-state index contributed by atoms with van der Waals surface area (Å²) in [5.41, 5.74) is -0.441. The Morgan fingerprint density at radius 1 is 1.67 bits per heavy atom. The van der Waals surface area contributed by atoms with Crippen LogP contribution in [0.2, 0.25) is 0 Å². The molecule has 1 fully saturated rings. The van der Waals surface area contributed by atoms with Crippen molar-refractivity contribution in [2.45, 2.75) is 29.6 Å². The Morgan fingerprint density at radius 2 is 2.39 bits per heavy atom. The van der Waals surface area contributed by atoms with Gasteiger partial charge >= 0.3 is 114 Å². The summed E-state index contributed by atoms with van der Waals surface area (Å²) in [6, 6.07) is 0. The van der Waals surface area contributed by atoms with Gasteiger partial charge in [-0.1, -0.05) is 0 Å². The van der Waals surface area contributed by atoms with E-state index in [1.807, 2.05) is 0 Å². The Kier molecular flexibility index (Phi) is 4.20. The number of alkyl halides is 1. The first kappa shape index (κ1) is 13.7. The van der Waals surface area contributed by atoms with Gasteiger partial charge in [-0.2, -0.15) is 0 Å². The molecule has 1 aromatic heterocycles. The van der Waals surface area contributed by atoms with Crippen molar-refractivity contribution >= 4 is 0 Å². The van der Waals surface area contributed by atoms with E-state index in [4.69, 9.17) is 8.68 Å². The maximum absolute atomic E-state index is 11.7. The van der Waals surface area contributed by atoms with Crippen LogP contribution >= 0.6 is 0 Å². The number of rotatable bonds is 3. The predicted molar refractivity (Wildman–Crippen MR) is 59.6 cm³/mol. The van der Waals surface area contributed by atoms with E-state index in [9.17, 15) is 14.7 Å². The summed E-state index contributed by atoms with van der Waals surface area (Å²) in [5, 5.41) is 9.19. The van der Waals surface area contributed by atoms with Gasteiger partial charge in [0.05, 0.1) is 0 Å². The van der Waals surface area contributed by atoms with Gasteiger partial charge in [-0.15, -0.1) is 0 Å². The first-order valence-corrected chi connectivity index (χ1v) is 7.96. The first-order chi connectivity index (χ1) is 8.56. The first-order valence-electron chi connectivity index (χ1n) is 5.47. The zero-order valence-electron chi connectivity index (χ0n) is 9.80. The molecule has 0 bridgehead atoms. The second-order valence-corrected chi connectivity index (χ2v) is 6.49. The number of aromatic amines is 1. The molecule has 102 valence electrons. The van der Waals surface area contributed by atoms with Crippen LogP contribution in [0.1, 0.15) is 18.2 Å². The fourth-order valence-corrected chi connectivity index (χ4v) is 3.54. The number of ether oxygens (including phenoxy) is 1. The van der Waals surface area contributed by atoms with Gasteiger partial charge < -0.3 is 0 Å². The molecule has 0 amide bonds. The molecule has 0 aromatic carbocycles. The van der Waals surface area contributed by atoms with Crippen molar-refractivity contribution < 1.29 is 31.3 Å². The van der Waals surface area contributed by atoms with Gasteiger partial charge in [0.1, 0.15) is 0 Å². The van der Waals surface area contributed by atoms with Gasteiger partial charge in [0.2, 0.25) is 0 Å². The van der Waals surface area contributed by atoms with Crippen LogP contribution in [0.5, 0.6) is 0 Å². The van der Waals surface area contributed by atoms with Crippen LogP contribution in [-0.2, 0) is 4.74 Å². The minimum absolute atomic E-state index is 0.102. The molecule has 7 nitrogen and oxygen atoms in total. The molecule has 1 aliphatic heterocycles. The molecular formula is C10H15IN3O4-. The zero-order chi connectivity index (χ0) is 13.3. The number of hydrogen-bond donors (Lipinski definition) is 3. The van der Waals surface area contributed by atoms with Gasteiger partial charge in [0.25, 0.3) is 0 Å². The minimum atomic E-state index is -0.558. The number of nitrogens with zero attached hydrogens (tertiary/aromatic N) is 1. The molecule has 18 heavy (non-hydrogen) atoms. The van der Waals surface area contributed by atoms with E-state index in [1.165, 1.54) is 10.8 Å². The summed E-state index contributed by atoms with van der Waals surface area (Å²) >= 11 is -0.558. The van der Waals surface area contributed by atoms with E-state index in [-0.39, 0.29) is 16.6 Å². The number of aliphatic hydroxyl groups excluding tert-OH is 1. The van der Waals surface area contributed by atoms with Crippen LogP contribution in [0.25, 0.3) is 0 Å². The number of aromatic nitrogens is 2. The molecule has 0 radical (unpaired) electrons. The average Bonchev–Trinajstić information content (AvgIpc) is 2.76. The van der Waals surface area contributed by atoms with Crippen LogP contribution < -0.4 is 36.7 Å². The summed E-state index contributed by atoms with van der Waals surface area (Å²) in [6.07, 6.45) is 1.31. The summed E-state index contributed by atoms with van der Waals surface area (Å²) in [7, 11) is 0. The SMILES string of the molecule is Cc1cn([C@H]2CC([I-]N)[C@@H](CO)O2)c(=O)[nH]c1=O. The van der Waals surface area contributed by atoms with Gasteiger partial charge in [-0.25, -0.2) is 0 Å². The van der Waals surface area contributed by atoms with Gasteiger partial charge in [-0.05, 0) is 0 Å². The van der Waals surface area contributed by atoms with Crippen molar-refractivity contribution in [1.82, 2.24) is 9.55 Å². The van der Waals surface area contributed by atoms with Crippen LogP contribution in [0.15, 0.2) is 15.8 Å². The Bertz CT molecular complexity index is 529. The fraction of sp³-hybridized carbons (Fsp3) is 0.600. The molecule has 1 saturated heterocycles. The standard InChI is InChI=1S/C10H15IN3O4/c1-5-3-14(10(17)13-9(5)16)8-2-6(11-12)7(4-15)18-8/h3,6-8,15H,2,4,12H2,1H3,(H,13,16,17)/q-1/t6?,7-,8-/m1/s1. The van der Waals surface area contributed by atoms with Crippen molar-refractivity contribution in [3.05, 3.63) is 32.6 Å². The third kappa shape index (κ3) is 2.51. The van der Waals surface area contributed by atoms with Crippen molar-refractivity contribution in [1.29, 1.82) is 0 Å². The van der Waals surface area contributed by atoms with Crippen LogP contribution in [0.4, 0.5) is 0 Å². The molecule has 1 aromatic rings. The number of aryl methyl sites for hydroxylation is 1.